The lowest BCUT2D eigenvalue weighted by molar-refractivity contribution is -0.663. The Morgan fingerprint density at radius 2 is 1.84 bits per heavy atom. The molecule has 0 saturated carbocycles. The van der Waals surface area contributed by atoms with Crippen molar-refractivity contribution >= 4 is 16.7 Å². The van der Waals surface area contributed by atoms with Gasteiger partial charge in [0, 0.05) is 41.7 Å². The maximum absolute atomic E-state index is 11.0. The second-order valence-corrected chi connectivity index (χ2v) is 8.30. The van der Waals surface area contributed by atoms with Gasteiger partial charge in [-0.25, -0.2) is 9.13 Å². The summed E-state index contributed by atoms with van der Waals surface area (Å²) in [5, 5.41) is 11.0. The van der Waals surface area contributed by atoms with Crippen LogP contribution < -0.4 is 14.0 Å². The van der Waals surface area contributed by atoms with Crippen molar-refractivity contribution in [1.82, 2.24) is 4.57 Å². The molecule has 0 N–H and O–H groups in total. The first-order chi connectivity index (χ1) is 15.7. The minimum atomic E-state index is -0.370. The predicted molar refractivity (Wildman–Crippen MR) is 118 cm³/mol. The number of rotatable bonds is 5. The normalized spacial score (nSPS) is 14.1. The molecule has 0 radical (unpaired) electrons. The predicted octanol–water partition coefficient (Wildman–Crippen LogP) is 3.80. The van der Waals surface area contributed by atoms with Crippen LogP contribution in [0.15, 0.2) is 60.9 Å². The Morgan fingerprint density at radius 3 is 2.69 bits per heavy atom. The van der Waals surface area contributed by atoms with Gasteiger partial charge in [0.1, 0.15) is 24.6 Å². The van der Waals surface area contributed by atoms with Gasteiger partial charge in [0.15, 0.2) is 11.0 Å². The highest BCUT2D eigenvalue weighted by molar-refractivity contribution is 5.72. The van der Waals surface area contributed by atoms with Gasteiger partial charge in [-0.3, -0.25) is 10.1 Å². The molecule has 0 fully saturated rings. The summed E-state index contributed by atoms with van der Waals surface area (Å²) >= 11 is 0. The average molecular weight is 428 g/mol. The summed E-state index contributed by atoms with van der Waals surface area (Å²) in [6, 6.07) is 17.2. The largest absolute Gasteiger partial charge is 0.493 e. The molecule has 32 heavy (non-hydrogen) atoms. The van der Waals surface area contributed by atoms with Crippen LogP contribution in [0.1, 0.15) is 22.3 Å². The van der Waals surface area contributed by atoms with E-state index in [0.717, 1.165) is 54.2 Å². The number of benzene rings is 3. The van der Waals surface area contributed by atoms with E-state index >= 15 is 0 Å². The molecule has 6 rings (SSSR count). The fourth-order valence-corrected chi connectivity index (χ4v) is 4.84. The molecule has 2 aliphatic heterocycles. The quantitative estimate of drug-likeness (QED) is 0.275. The molecule has 7 nitrogen and oxygen atoms in total. The molecule has 1 aromatic heterocycles. The number of fused-ring (bicyclic) bond motifs is 3. The zero-order valence-electron chi connectivity index (χ0n) is 17.5. The van der Waals surface area contributed by atoms with Crippen LogP contribution in [0.4, 0.5) is 5.69 Å². The number of para-hydroxylation sites is 2. The third kappa shape index (κ3) is 3.09. The summed E-state index contributed by atoms with van der Waals surface area (Å²) in [5.41, 5.74) is 7.08. The van der Waals surface area contributed by atoms with Crippen molar-refractivity contribution in [1.29, 1.82) is 0 Å². The van der Waals surface area contributed by atoms with Gasteiger partial charge in [-0.15, -0.1) is 0 Å². The first-order valence-electron chi connectivity index (χ1n) is 10.8. The first-order valence-corrected chi connectivity index (χ1v) is 10.8. The SMILES string of the molecule is O=[N+]([O-])c1ccc(C[n+]2cn(Cc3c4c(cc5c3OCC5)OCC4)c3ccccc32)cc1. The topological polar surface area (TPSA) is 70.4 Å². The third-order valence-electron chi connectivity index (χ3n) is 6.37. The number of ether oxygens (including phenoxy) is 2. The molecule has 160 valence electrons. The summed E-state index contributed by atoms with van der Waals surface area (Å²) < 4.78 is 16.4. The van der Waals surface area contributed by atoms with Crippen LogP contribution in [0.5, 0.6) is 11.5 Å². The van der Waals surface area contributed by atoms with E-state index in [1.807, 2.05) is 18.2 Å². The lowest BCUT2D eigenvalue weighted by Crippen LogP contribution is -2.32. The molecule has 4 aromatic rings. The molecule has 3 aromatic carbocycles. The van der Waals surface area contributed by atoms with Crippen molar-refractivity contribution in [2.75, 3.05) is 13.2 Å². The van der Waals surface area contributed by atoms with E-state index in [1.54, 1.807) is 12.1 Å². The van der Waals surface area contributed by atoms with Crippen molar-refractivity contribution in [3.05, 3.63) is 93.3 Å². The fourth-order valence-electron chi connectivity index (χ4n) is 4.84. The number of nitro benzene ring substituents is 1. The van der Waals surface area contributed by atoms with Gasteiger partial charge in [0.2, 0.25) is 6.33 Å². The highest BCUT2D eigenvalue weighted by atomic mass is 16.6. The Labute approximate surface area is 184 Å². The van der Waals surface area contributed by atoms with Gasteiger partial charge < -0.3 is 9.47 Å². The Balaban J connectivity index is 1.40. The summed E-state index contributed by atoms with van der Waals surface area (Å²) in [4.78, 5) is 10.6. The smallest absolute Gasteiger partial charge is 0.269 e. The van der Waals surface area contributed by atoms with Gasteiger partial charge in [-0.2, -0.15) is 0 Å². The van der Waals surface area contributed by atoms with Gasteiger partial charge in [0.25, 0.3) is 5.69 Å². The van der Waals surface area contributed by atoms with Gasteiger partial charge in [-0.1, -0.05) is 12.1 Å². The molecule has 0 atom stereocenters. The number of imidazole rings is 1. The highest BCUT2D eigenvalue weighted by Crippen LogP contribution is 2.41. The number of hydrogen-bond donors (Lipinski definition) is 0. The Morgan fingerprint density at radius 1 is 1.03 bits per heavy atom. The summed E-state index contributed by atoms with van der Waals surface area (Å²) in [6.07, 6.45) is 3.96. The van der Waals surface area contributed by atoms with Crippen LogP contribution >= 0.6 is 0 Å². The highest BCUT2D eigenvalue weighted by Gasteiger charge is 2.28. The number of nitro groups is 1. The standard InChI is InChI=1S/C25H22N3O4/c29-28(30)19-7-5-17(6-8-19)14-26-16-27(23-4-2-1-3-22(23)26)15-21-20-10-12-31-24(20)13-18-9-11-32-25(18)21/h1-8,13,16H,9-12,14-15H2/q+1. The summed E-state index contributed by atoms with van der Waals surface area (Å²) in [7, 11) is 0. The third-order valence-corrected chi connectivity index (χ3v) is 6.37. The van der Waals surface area contributed by atoms with Crippen LogP contribution in [0.25, 0.3) is 11.0 Å². The minimum absolute atomic E-state index is 0.107. The minimum Gasteiger partial charge on any atom is -0.493 e. The molecule has 0 spiro atoms. The number of hydrogen-bond acceptors (Lipinski definition) is 4. The molecular formula is C25H22N3O4+. The maximum atomic E-state index is 11.0. The summed E-state index contributed by atoms with van der Waals surface area (Å²) in [5.74, 6) is 2.02. The molecule has 0 amide bonds. The molecule has 0 saturated heterocycles. The summed E-state index contributed by atoms with van der Waals surface area (Å²) in [6.45, 7) is 2.79. The van der Waals surface area contributed by atoms with E-state index in [9.17, 15) is 10.1 Å². The molecule has 0 bridgehead atoms. The van der Waals surface area contributed by atoms with Crippen molar-refractivity contribution in [3.8, 4) is 11.5 Å². The Bertz CT molecular complexity index is 1330. The second kappa shape index (κ2) is 7.37. The lowest BCUT2D eigenvalue weighted by atomic mass is 9.99. The van der Waals surface area contributed by atoms with Crippen molar-refractivity contribution in [2.45, 2.75) is 25.9 Å². The Kier molecular flexibility index (Phi) is 4.35. The zero-order chi connectivity index (χ0) is 21.7. The van der Waals surface area contributed by atoms with Gasteiger partial charge >= 0.3 is 0 Å². The van der Waals surface area contributed by atoms with Gasteiger partial charge in [0.05, 0.1) is 18.1 Å². The maximum Gasteiger partial charge on any atom is 0.269 e. The number of aromatic nitrogens is 2. The van der Waals surface area contributed by atoms with E-state index in [2.05, 4.69) is 39.7 Å². The zero-order valence-corrected chi connectivity index (χ0v) is 17.5. The second-order valence-electron chi connectivity index (χ2n) is 8.30. The number of non-ortho nitro benzene ring substituents is 1. The van der Waals surface area contributed by atoms with E-state index < -0.39 is 0 Å². The van der Waals surface area contributed by atoms with E-state index in [-0.39, 0.29) is 10.6 Å². The molecule has 0 aliphatic carbocycles. The van der Waals surface area contributed by atoms with Crippen LogP contribution in [0.3, 0.4) is 0 Å². The lowest BCUT2D eigenvalue weighted by Gasteiger charge is -2.11. The van der Waals surface area contributed by atoms with Crippen molar-refractivity contribution in [2.24, 2.45) is 0 Å². The molecular weight excluding hydrogens is 406 g/mol. The fraction of sp³-hybridized carbons (Fsp3) is 0.240. The number of nitrogens with zero attached hydrogens (tertiary/aromatic N) is 3. The van der Waals surface area contributed by atoms with E-state index in [1.165, 1.54) is 16.7 Å². The van der Waals surface area contributed by atoms with Crippen LogP contribution in [-0.2, 0) is 25.9 Å². The molecule has 0 unspecified atom stereocenters. The molecule has 3 heterocycles. The van der Waals surface area contributed by atoms with Crippen molar-refractivity contribution < 1.29 is 19.0 Å². The first kappa shape index (κ1) is 18.9. The van der Waals surface area contributed by atoms with E-state index in [0.29, 0.717) is 13.1 Å². The van der Waals surface area contributed by atoms with Crippen LogP contribution in [-0.4, -0.2) is 22.7 Å². The molecule has 2 aliphatic rings. The van der Waals surface area contributed by atoms with E-state index in [4.69, 9.17) is 9.47 Å². The van der Waals surface area contributed by atoms with Crippen LogP contribution in [0.2, 0.25) is 0 Å². The van der Waals surface area contributed by atoms with Crippen molar-refractivity contribution in [3.63, 3.8) is 0 Å². The monoisotopic (exact) mass is 428 g/mol. The Hall–Kier alpha value is -3.87. The van der Waals surface area contributed by atoms with Crippen LogP contribution in [0, 0.1) is 10.1 Å². The molecule has 7 heteroatoms. The van der Waals surface area contributed by atoms with Gasteiger partial charge in [-0.05, 0) is 35.9 Å². The average Bonchev–Trinajstić information content (AvgIpc) is 3.53.